The van der Waals surface area contributed by atoms with Crippen LogP contribution in [0.1, 0.15) is 41.2 Å². The fourth-order valence-electron chi connectivity index (χ4n) is 2.36. The largest absolute Gasteiger partial charge is 0.388 e. The van der Waals surface area contributed by atoms with Gasteiger partial charge in [0, 0.05) is 0 Å². The molecule has 2 heteroatoms. The van der Waals surface area contributed by atoms with Gasteiger partial charge in [0.25, 0.3) is 0 Å². The second-order valence-corrected chi connectivity index (χ2v) is 4.11. The molecule has 1 nitrogen and oxygen atoms in total. The normalized spacial score (nSPS) is 20.7. The first kappa shape index (κ1) is 9.66. The maximum Gasteiger partial charge on any atom is 0.129 e. The van der Waals surface area contributed by atoms with Gasteiger partial charge in [-0.05, 0) is 55.4 Å². The number of hydrogen-bond donors (Lipinski definition) is 1. The first-order chi connectivity index (χ1) is 6.61. The number of fused-ring (bicyclic) bond motifs is 1. The van der Waals surface area contributed by atoms with Crippen molar-refractivity contribution in [2.45, 2.75) is 39.2 Å². The molecule has 1 N–H and O–H groups in total. The van der Waals surface area contributed by atoms with E-state index in [2.05, 4.69) is 0 Å². The Morgan fingerprint density at radius 1 is 1.43 bits per heavy atom. The molecule has 0 saturated carbocycles. The van der Waals surface area contributed by atoms with Crippen molar-refractivity contribution in [1.29, 1.82) is 0 Å². The van der Waals surface area contributed by atoms with E-state index in [0.29, 0.717) is 11.1 Å². The Morgan fingerprint density at radius 3 is 2.86 bits per heavy atom. The molecule has 0 aromatic heterocycles. The van der Waals surface area contributed by atoms with Gasteiger partial charge in [-0.1, -0.05) is 6.07 Å². The zero-order valence-electron chi connectivity index (χ0n) is 8.60. The Balaban J connectivity index is 2.64. The Bertz CT molecular complexity index is 371. The summed E-state index contributed by atoms with van der Waals surface area (Å²) >= 11 is 0. The lowest BCUT2D eigenvalue weighted by Crippen LogP contribution is -2.13. The minimum Gasteiger partial charge on any atom is -0.388 e. The molecule has 1 aliphatic carbocycles. The van der Waals surface area contributed by atoms with Crippen LogP contribution in [0.3, 0.4) is 0 Å². The molecule has 1 atom stereocenters. The zero-order chi connectivity index (χ0) is 10.3. The number of benzene rings is 1. The molecule has 1 aromatic rings. The molecule has 1 aliphatic rings. The molecule has 76 valence electrons. The fourth-order valence-corrected chi connectivity index (χ4v) is 2.36. The minimum absolute atomic E-state index is 0.162. The number of aryl methyl sites for hydroxylation is 2. The topological polar surface area (TPSA) is 20.2 Å². The zero-order valence-corrected chi connectivity index (χ0v) is 8.60. The number of aliphatic hydroxyl groups excluding tert-OH is 1. The van der Waals surface area contributed by atoms with E-state index in [1.54, 1.807) is 13.8 Å². The highest BCUT2D eigenvalue weighted by Crippen LogP contribution is 2.34. The van der Waals surface area contributed by atoms with E-state index in [1.807, 2.05) is 6.07 Å². The molecule has 14 heavy (non-hydrogen) atoms. The summed E-state index contributed by atoms with van der Waals surface area (Å²) in [6.07, 6.45) is 2.26. The Hall–Kier alpha value is -0.890. The summed E-state index contributed by atoms with van der Waals surface area (Å²) in [5.41, 5.74) is 3.28. The van der Waals surface area contributed by atoms with Crippen LogP contribution in [0, 0.1) is 19.7 Å². The van der Waals surface area contributed by atoms with Crippen LogP contribution in [0.4, 0.5) is 4.39 Å². The summed E-state index contributed by atoms with van der Waals surface area (Å²) in [4.78, 5) is 0. The van der Waals surface area contributed by atoms with Crippen LogP contribution in [-0.2, 0) is 6.42 Å². The van der Waals surface area contributed by atoms with Crippen LogP contribution >= 0.6 is 0 Å². The molecule has 0 saturated heterocycles. The van der Waals surface area contributed by atoms with Gasteiger partial charge in [-0.25, -0.2) is 4.39 Å². The van der Waals surface area contributed by atoms with Gasteiger partial charge in [-0.3, -0.25) is 0 Å². The highest BCUT2D eigenvalue weighted by Gasteiger charge is 2.22. The van der Waals surface area contributed by atoms with Crippen molar-refractivity contribution in [3.63, 3.8) is 0 Å². The quantitative estimate of drug-likeness (QED) is 0.673. The lowest BCUT2D eigenvalue weighted by molar-refractivity contribution is 0.155. The molecule has 0 amide bonds. The van der Waals surface area contributed by atoms with Crippen LogP contribution in [0.5, 0.6) is 0 Å². The number of halogens is 1. The van der Waals surface area contributed by atoms with Crippen molar-refractivity contribution in [2.24, 2.45) is 0 Å². The van der Waals surface area contributed by atoms with Gasteiger partial charge in [0.2, 0.25) is 0 Å². The summed E-state index contributed by atoms with van der Waals surface area (Å²) in [6, 6.07) is 1.88. The van der Waals surface area contributed by atoms with Gasteiger partial charge in [-0.15, -0.1) is 0 Å². The average molecular weight is 194 g/mol. The van der Waals surface area contributed by atoms with Gasteiger partial charge in [0.1, 0.15) is 5.82 Å². The molecule has 1 aromatic carbocycles. The van der Waals surface area contributed by atoms with Gasteiger partial charge in [-0.2, -0.15) is 0 Å². The third-order valence-corrected chi connectivity index (χ3v) is 3.07. The first-order valence-corrected chi connectivity index (χ1v) is 5.08. The van der Waals surface area contributed by atoms with E-state index in [-0.39, 0.29) is 5.82 Å². The van der Waals surface area contributed by atoms with E-state index in [9.17, 15) is 9.50 Å². The third kappa shape index (κ3) is 1.34. The van der Waals surface area contributed by atoms with Gasteiger partial charge >= 0.3 is 0 Å². The SMILES string of the molecule is Cc1cc2c(c(C)c1F)[C@@H](O)CCC2. The standard InChI is InChI=1S/C12H15FO/c1-7-6-9-4-3-5-10(14)11(9)8(2)12(7)13/h6,10,14H,3-5H2,1-2H3/t10-/m0/s1. The van der Waals surface area contributed by atoms with E-state index in [0.717, 1.165) is 30.4 Å². The summed E-state index contributed by atoms with van der Waals surface area (Å²) < 4.78 is 13.6. The van der Waals surface area contributed by atoms with Gasteiger partial charge in [0.05, 0.1) is 6.10 Å². The fraction of sp³-hybridized carbons (Fsp3) is 0.500. The Kier molecular flexibility index (Phi) is 2.31. The van der Waals surface area contributed by atoms with Crippen molar-refractivity contribution in [3.8, 4) is 0 Å². The Labute approximate surface area is 83.6 Å². The van der Waals surface area contributed by atoms with Gasteiger partial charge < -0.3 is 5.11 Å². The Morgan fingerprint density at radius 2 is 2.14 bits per heavy atom. The molecule has 0 spiro atoms. The highest BCUT2D eigenvalue weighted by molar-refractivity contribution is 5.42. The molecular weight excluding hydrogens is 179 g/mol. The lowest BCUT2D eigenvalue weighted by Gasteiger charge is -2.24. The molecule has 0 unspecified atom stereocenters. The van der Waals surface area contributed by atoms with Crippen LogP contribution in [0.2, 0.25) is 0 Å². The van der Waals surface area contributed by atoms with Crippen molar-refractivity contribution >= 4 is 0 Å². The van der Waals surface area contributed by atoms with Crippen LogP contribution in [-0.4, -0.2) is 5.11 Å². The molecule has 0 aliphatic heterocycles. The van der Waals surface area contributed by atoms with Crippen LogP contribution in [0.25, 0.3) is 0 Å². The van der Waals surface area contributed by atoms with Crippen molar-refractivity contribution in [1.82, 2.24) is 0 Å². The van der Waals surface area contributed by atoms with Crippen LogP contribution in [0.15, 0.2) is 6.07 Å². The summed E-state index contributed by atoms with van der Waals surface area (Å²) in [5, 5.41) is 9.79. The second kappa shape index (κ2) is 3.35. The molecule has 2 rings (SSSR count). The smallest absolute Gasteiger partial charge is 0.129 e. The number of aliphatic hydroxyl groups is 1. The molecule has 0 radical (unpaired) electrons. The first-order valence-electron chi connectivity index (χ1n) is 5.08. The molecule has 0 bridgehead atoms. The monoisotopic (exact) mass is 194 g/mol. The van der Waals surface area contributed by atoms with Crippen molar-refractivity contribution < 1.29 is 9.50 Å². The third-order valence-electron chi connectivity index (χ3n) is 3.07. The maximum absolute atomic E-state index is 13.6. The predicted octanol–water partition coefficient (Wildman–Crippen LogP) is 2.81. The average Bonchev–Trinajstić information content (AvgIpc) is 2.14. The van der Waals surface area contributed by atoms with E-state index < -0.39 is 6.10 Å². The van der Waals surface area contributed by atoms with Crippen LogP contribution < -0.4 is 0 Å². The summed E-state index contributed by atoms with van der Waals surface area (Å²) in [5.74, 6) is -0.162. The second-order valence-electron chi connectivity index (χ2n) is 4.11. The predicted molar refractivity (Wildman–Crippen MR) is 53.8 cm³/mol. The minimum atomic E-state index is -0.464. The van der Waals surface area contributed by atoms with Gasteiger partial charge in [0.15, 0.2) is 0 Å². The molecule has 0 heterocycles. The number of rotatable bonds is 0. The van der Waals surface area contributed by atoms with E-state index >= 15 is 0 Å². The highest BCUT2D eigenvalue weighted by atomic mass is 19.1. The summed E-state index contributed by atoms with van der Waals surface area (Å²) in [6.45, 7) is 3.54. The van der Waals surface area contributed by atoms with E-state index in [4.69, 9.17) is 0 Å². The van der Waals surface area contributed by atoms with Crippen molar-refractivity contribution in [2.75, 3.05) is 0 Å². The molecular formula is C12H15FO. The van der Waals surface area contributed by atoms with E-state index in [1.165, 1.54) is 0 Å². The molecule has 0 fully saturated rings. The lowest BCUT2D eigenvalue weighted by atomic mass is 9.85. The maximum atomic E-state index is 13.6. The number of hydrogen-bond acceptors (Lipinski definition) is 1. The van der Waals surface area contributed by atoms with Crippen molar-refractivity contribution in [3.05, 3.63) is 34.1 Å². The summed E-state index contributed by atoms with van der Waals surface area (Å²) in [7, 11) is 0.